The van der Waals surface area contributed by atoms with Gasteiger partial charge in [0.1, 0.15) is 0 Å². The number of aromatic nitrogens is 1. The van der Waals surface area contributed by atoms with Gasteiger partial charge in [-0.3, -0.25) is 0 Å². The van der Waals surface area contributed by atoms with Gasteiger partial charge in [0, 0.05) is 16.6 Å². The Morgan fingerprint density at radius 3 is 2.64 bits per heavy atom. The molecule has 1 N–H and O–H groups in total. The number of hydrogen-bond acceptors (Lipinski definition) is 3. The number of fused-ring (bicyclic) bond motifs is 1. The molecule has 0 radical (unpaired) electrons. The van der Waals surface area contributed by atoms with E-state index in [1.54, 1.807) is 30.3 Å². The summed E-state index contributed by atoms with van der Waals surface area (Å²) in [6.45, 7) is 0. The van der Waals surface area contributed by atoms with Crippen molar-refractivity contribution < 1.29 is 18.3 Å². The van der Waals surface area contributed by atoms with E-state index in [0.29, 0.717) is 15.9 Å². The molecule has 7 heteroatoms. The Kier molecular flexibility index (Phi) is 4.65. The maximum atomic E-state index is 12.6. The van der Waals surface area contributed by atoms with Crippen LogP contribution in [-0.2, 0) is 10.0 Å². The van der Waals surface area contributed by atoms with E-state index >= 15 is 0 Å². The molecule has 0 amide bonds. The van der Waals surface area contributed by atoms with Crippen molar-refractivity contribution in [3.05, 3.63) is 77.0 Å². The van der Waals surface area contributed by atoms with Gasteiger partial charge in [-0.05, 0) is 35.9 Å². The standard InChI is InChI=1S/C18H14ClNO4S/c19-14-6-1-4-13(12-14)5-3-11-25(23,24)20-10-9-15-16(18(21)22)7-2-8-17(15)20/h1-10,12H,11H2,(H,21,22). The summed E-state index contributed by atoms with van der Waals surface area (Å²) >= 11 is 5.90. The van der Waals surface area contributed by atoms with Crippen molar-refractivity contribution in [3.63, 3.8) is 0 Å². The van der Waals surface area contributed by atoms with Crippen molar-refractivity contribution in [2.75, 3.05) is 5.75 Å². The first-order chi connectivity index (χ1) is 11.9. The monoisotopic (exact) mass is 375 g/mol. The Morgan fingerprint density at radius 2 is 1.92 bits per heavy atom. The number of aromatic carboxylic acids is 1. The van der Waals surface area contributed by atoms with E-state index in [1.165, 1.54) is 30.5 Å². The fourth-order valence-electron chi connectivity index (χ4n) is 2.57. The molecule has 5 nitrogen and oxygen atoms in total. The average Bonchev–Trinajstić information content (AvgIpc) is 2.99. The number of hydrogen-bond donors (Lipinski definition) is 1. The van der Waals surface area contributed by atoms with Gasteiger partial charge in [0.25, 0.3) is 0 Å². The third kappa shape index (κ3) is 3.60. The molecule has 0 spiro atoms. The molecule has 3 aromatic rings. The molecule has 1 heterocycles. The first kappa shape index (κ1) is 17.3. The molecule has 0 saturated heterocycles. The smallest absolute Gasteiger partial charge is 0.336 e. The second kappa shape index (κ2) is 6.74. The third-order valence-electron chi connectivity index (χ3n) is 3.69. The predicted octanol–water partition coefficient (Wildman–Crippen LogP) is 3.88. The molecule has 0 aliphatic rings. The molecule has 0 unspecified atom stereocenters. The van der Waals surface area contributed by atoms with Crippen LogP contribution in [0.5, 0.6) is 0 Å². The number of carbonyl (C=O) groups is 1. The van der Waals surface area contributed by atoms with E-state index in [1.807, 2.05) is 6.07 Å². The van der Waals surface area contributed by atoms with E-state index in [2.05, 4.69) is 0 Å². The van der Waals surface area contributed by atoms with Crippen LogP contribution in [0.1, 0.15) is 15.9 Å². The summed E-state index contributed by atoms with van der Waals surface area (Å²) in [7, 11) is -3.66. The number of carboxylic acid groups (broad SMARTS) is 1. The molecule has 0 saturated carbocycles. The molecule has 0 aliphatic carbocycles. The number of halogens is 1. The Bertz CT molecular complexity index is 1080. The number of benzene rings is 2. The largest absolute Gasteiger partial charge is 0.478 e. The molecular weight excluding hydrogens is 362 g/mol. The highest BCUT2D eigenvalue weighted by molar-refractivity contribution is 7.90. The first-order valence-corrected chi connectivity index (χ1v) is 9.36. The average molecular weight is 376 g/mol. The zero-order valence-corrected chi connectivity index (χ0v) is 14.5. The van der Waals surface area contributed by atoms with Crippen LogP contribution in [-0.4, -0.2) is 29.2 Å². The molecule has 25 heavy (non-hydrogen) atoms. The molecule has 1 aromatic heterocycles. The van der Waals surface area contributed by atoms with Gasteiger partial charge < -0.3 is 5.11 Å². The summed E-state index contributed by atoms with van der Waals surface area (Å²) in [4.78, 5) is 11.2. The van der Waals surface area contributed by atoms with Crippen LogP contribution < -0.4 is 0 Å². The Hall–Kier alpha value is -2.57. The van der Waals surface area contributed by atoms with Crippen molar-refractivity contribution in [2.45, 2.75) is 0 Å². The van der Waals surface area contributed by atoms with Crippen molar-refractivity contribution in [1.29, 1.82) is 0 Å². The lowest BCUT2D eigenvalue weighted by Gasteiger charge is -2.06. The van der Waals surface area contributed by atoms with Gasteiger partial charge >= 0.3 is 5.97 Å². The Labute approximate surface area is 149 Å². The van der Waals surface area contributed by atoms with Gasteiger partial charge in [0.2, 0.25) is 10.0 Å². The van der Waals surface area contributed by atoms with E-state index in [4.69, 9.17) is 11.6 Å². The van der Waals surface area contributed by atoms with Gasteiger partial charge in [0.15, 0.2) is 0 Å². The van der Waals surface area contributed by atoms with Crippen LogP contribution in [0, 0.1) is 0 Å². The molecular formula is C18H14ClNO4S. The van der Waals surface area contributed by atoms with Gasteiger partial charge in [0.05, 0.1) is 16.8 Å². The van der Waals surface area contributed by atoms with Crippen molar-refractivity contribution in [1.82, 2.24) is 3.97 Å². The van der Waals surface area contributed by atoms with Crippen LogP contribution in [0.3, 0.4) is 0 Å². The SMILES string of the molecule is O=C(O)c1cccc2c1ccn2S(=O)(=O)CC=Cc1cccc(Cl)c1. The topological polar surface area (TPSA) is 76.4 Å². The van der Waals surface area contributed by atoms with Gasteiger partial charge in [-0.15, -0.1) is 0 Å². The lowest BCUT2D eigenvalue weighted by Crippen LogP contribution is -2.14. The fraction of sp³-hybridized carbons (Fsp3) is 0.0556. The van der Waals surface area contributed by atoms with Gasteiger partial charge in [-0.25, -0.2) is 17.2 Å². The minimum atomic E-state index is -3.66. The Morgan fingerprint density at radius 1 is 1.16 bits per heavy atom. The molecule has 0 bridgehead atoms. The quantitative estimate of drug-likeness (QED) is 0.734. The summed E-state index contributed by atoms with van der Waals surface area (Å²) in [5, 5.41) is 10.2. The second-order valence-electron chi connectivity index (χ2n) is 5.39. The van der Waals surface area contributed by atoms with Crippen molar-refractivity contribution in [2.24, 2.45) is 0 Å². The van der Waals surface area contributed by atoms with E-state index in [-0.39, 0.29) is 11.3 Å². The summed E-state index contributed by atoms with van der Waals surface area (Å²) in [5.74, 6) is -1.32. The van der Waals surface area contributed by atoms with Crippen LogP contribution in [0.4, 0.5) is 0 Å². The minimum Gasteiger partial charge on any atom is -0.478 e. The highest BCUT2D eigenvalue weighted by atomic mass is 35.5. The molecule has 2 aromatic carbocycles. The first-order valence-electron chi connectivity index (χ1n) is 7.37. The van der Waals surface area contributed by atoms with Crippen molar-refractivity contribution in [3.8, 4) is 0 Å². The molecule has 0 fully saturated rings. The number of nitrogens with zero attached hydrogens (tertiary/aromatic N) is 1. The third-order valence-corrected chi connectivity index (χ3v) is 5.46. The normalized spacial score (nSPS) is 12.0. The molecule has 0 aliphatic heterocycles. The molecule has 3 rings (SSSR count). The highest BCUT2D eigenvalue weighted by Gasteiger charge is 2.17. The number of rotatable bonds is 5. The van der Waals surface area contributed by atoms with E-state index < -0.39 is 16.0 Å². The summed E-state index contributed by atoms with van der Waals surface area (Å²) in [5.41, 5.74) is 1.21. The number of carboxylic acids is 1. The lowest BCUT2D eigenvalue weighted by atomic mass is 10.1. The highest BCUT2D eigenvalue weighted by Crippen LogP contribution is 2.22. The molecule has 128 valence electrons. The summed E-state index contributed by atoms with van der Waals surface area (Å²) in [6, 6.07) is 13.1. The molecule has 0 atom stereocenters. The van der Waals surface area contributed by atoms with E-state index in [0.717, 1.165) is 9.54 Å². The van der Waals surface area contributed by atoms with Crippen LogP contribution in [0.2, 0.25) is 5.02 Å². The summed E-state index contributed by atoms with van der Waals surface area (Å²) in [6.07, 6.45) is 4.59. The zero-order chi connectivity index (χ0) is 18.0. The zero-order valence-electron chi connectivity index (χ0n) is 13.0. The predicted molar refractivity (Wildman–Crippen MR) is 98.6 cm³/mol. The van der Waals surface area contributed by atoms with Crippen molar-refractivity contribution >= 4 is 44.6 Å². The second-order valence-corrected chi connectivity index (χ2v) is 7.72. The van der Waals surface area contributed by atoms with E-state index in [9.17, 15) is 18.3 Å². The van der Waals surface area contributed by atoms with Crippen LogP contribution >= 0.6 is 11.6 Å². The minimum absolute atomic E-state index is 0.0703. The van der Waals surface area contributed by atoms with Crippen LogP contribution in [0.15, 0.2) is 60.8 Å². The lowest BCUT2D eigenvalue weighted by molar-refractivity contribution is 0.0699. The van der Waals surface area contributed by atoms with Crippen LogP contribution in [0.25, 0.3) is 17.0 Å². The maximum Gasteiger partial charge on any atom is 0.336 e. The van der Waals surface area contributed by atoms with Gasteiger partial charge in [-0.2, -0.15) is 0 Å². The Balaban J connectivity index is 1.91. The van der Waals surface area contributed by atoms with Gasteiger partial charge in [-0.1, -0.05) is 42.0 Å². The summed E-state index contributed by atoms with van der Waals surface area (Å²) < 4.78 is 26.3. The fourth-order valence-corrected chi connectivity index (χ4v) is 3.97. The maximum absolute atomic E-state index is 12.6.